The van der Waals surface area contributed by atoms with E-state index in [1.807, 2.05) is 24.3 Å². The third-order valence-electron chi connectivity index (χ3n) is 2.21. The van der Waals surface area contributed by atoms with Crippen LogP contribution in [0.15, 0.2) is 47.4 Å². The summed E-state index contributed by atoms with van der Waals surface area (Å²) in [6.45, 7) is 0. The van der Waals surface area contributed by atoms with E-state index in [0.717, 1.165) is 10.5 Å². The van der Waals surface area contributed by atoms with Crippen LogP contribution in [0.2, 0.25) is 10.0 Å². The summed E-state index contributed by atoms with van der Waals surface area (Å²) >= 11 is 13.5. The van der Waals surface area contributed by atoms with Crippen LogP contribution >= 0.6 is 35.0 Å². The van der Waals surface area contributed by atoms with Gasteiger partial charge in [-0.1, -0.05) is 35.3 Å². The molecular formula is C13H9Cl2FS. The van der Waals surface area contributed by atoms with Crippen molar-refractivity contribution in [2.45, 2.75) is 10.6 Å². The maximum absolute atomic E-state index is 12.9. The van der Waals surface area contributed by atoms with Crippen LogP contribution in [0.5, 0.6) is 0 Å². The van der Waals surface area contributed by atoms with Crippen LogP contribution in [0.1, 0.15) is 5.56 Å². The number of hydrogen-bond acceptors (Lipinski definition) is 1. The Labute approximate surface area is 114 Å². The van der Waals surface area contributed by atoms with Crippen molar-refractivity contribution in [3.8, 4) is 0 Å². The minimum absolute atomic E-state index is 0.313. The Morgan fingerprint density at radius 2 is 1.88 bits per heavy atom. The van der Waals surface area contributed by atoms with Gasteiger partial charge in [0, 0.05) is 20.7 Å². The lowest BCUT2D eigenvalue weighted by molar-refractivity contribution is 0.627. The molecule has 0 saturated carbocycles. The van der Waals surface area contributed by atoms with E-state index in [1.54, 1.807) is 17.8 Å². The molecule has 0 heterocycles. The maximum Gasteiger partial charge on any atom is 0.124 e. The summed E-state index contributed by atoms with van der Waals surface area (Å²) in [5.41, 5.74) is 0.915. The Balaban J connectivity index is 2.07. The lowest BCUT2D eigenvalue weighted by atomic mass is 10.2. The molecule has 0 aromatic heterocycles. The Hall–Kier alpha value is -0.700. The summed E-state index contributed by atoms with van der Waals surface area (Å²) in [5, 5.41) is 1.17. The highest BCUT2D eigenvalue weighted by atomic mass is 35.5. The van der Waals surface area contributed by atoms with Crippen molar-refractivity contribution in [2.75, 3.05) is 0 Å². The van der Waals surface area contributed by atoms with Crippen LogP contribution in [0.3, 0.4) is 0 Å². The summed E-state index contributed by atoms with van der Waals surface area (Å²) in [5.74, 6) is 0.380. The van der Waals surface area contributed by atoms with Gasteiger partial charge in [-0.05, 0) is 35.9 Å². The van der Waals surface area contributed by atoms with Gasteiger partial charge in [0.2, 0.25) is 0 Å². The van der Waals surface area contributed by atoms with Crippen molar-refractivity contribution in [3.63, 3.8) is 0 Å². The SMILES string of the molecule is Fc1ccc(CSc2cccc(Cl)c2)c(Cl)c1. The van der Waals surface area contributed by atoms with Crippen molar-refractivity contribution in [2.24, 2.45) is 0 Å². The van der Waals surface area contributed by atoms with Gasteiger partial charge in [0.25, 0.3) is 0 Å². The molecule has 2 aromatic rings. The molecule has 0 aliphatic carbocycles. The topological polar surface area (TPSA) is 0 Å². The van der Waals surface area contributed by atoms with Gasteiger partial charge in [0.15, 0.2) is 0 Å². The summed E-state index contributed by atoms with van der Waals surface area (Å²) in [6, 6.07) is 12.1. The average molecular weight is 287 g/mol. The highest BCUT2D eigenvalue weighted by molar-refractivity contribution is 7.98. The highest BCUT2D eigenvalue weighted by Gasteiger charge is 2.03. The molecule has 0 N–H and O–H groups in total. The van der Waals surface area contributed by atoms with Gasteiger partial charge in [-0.3, -0.25) is 0 Å². The summed E-state index contributed by atoms with van der Waals surface area (Å²) < 4.78 is 12.9. The van der Waals surface area contributed by atoms with E-state index in [4.69, 9.17) is 23.2 Å². The van der Waals surface area contributed by atoms with Crippen LogP contribution in [0.4, 0.5) is 4.39 Å². The first-order valence-electron chi connectivity index (χ1n) is 4.97. The molecule has 88 valence electrons. The van der Waals surface area contributed by atoms with E-state index in [-0.39, 0.29) is 5.82 Å². The predicted molar refractivity (Wildman–Crippen MR) is 72.4 cm³/mol. The second kappa shape index (κ2) is 5.76. The molecule has 0 nitrogen and oxygen atoms in total. The Morgan fingerprint density at radius 1 is 1.06 bits per heavy atom. The van der Waals surface area contributed by atoms with Gasteiger partial charge in [0.05, 0.1) is 0 Å². The number of halogens is 3. The van der Waals surface area contributed by atoms with Crippen LogP contribution in [0, 0.1) is 5.82 Å². The van der Waals surface area contributed by atoms with E-state index in [2.05, 4.69) is 0 Å². The van der Waals surface area contributed by atoms with E-state index >= 15 is 0 Å². The third kappa shape index (κ3) is 3.63. The molecule has 0 atom stereocenters. The second-order valence-corrected chi connectivity index (χ2v) is 5.37. The first-order chi connectivity index (χ1) is 8.15. The van der Waals surface area contributed by atoms with Crippen molar-refractivity contribution in [1.29, 1.82) is 0 Å². The first kappa shape index (κ1) is 12.7. The minimum Gasteiger partial charge on any atom is -0.207 e. The lowest BCUT2D eigenvalue weighted by Gasteiger charge is -2.04. The highest BCUT2D eigenvalue weighted by Crippen LogP contribution is 2.28. The monoisotopic (exact) mass is 286 g/mol. The minimum atomic E-state index is -0.313. The Bertz CT molecular complexity index is 529. The fourth-order valence-corrected chi connectivity index (χ4v) is 2.88. The van der Waals surface area contributed by atoms with Crippen LogP contribution in [-0.2, 0) is 5.75 Å². The van der Waals surface area contributed by atoms with Gasteiger partial charge in [-0.2, -0.15) is 0 Å². The zero-order chi connectivity index (χ0) is 12.3. The van der Waals surface area contributed by atoms with Gasteiger partial charge in [-0.15, -0.1) is 11.8 Å². The van der Waals surface area contributed by atoms with E-state index < -0.39 is 0 Å². The summed E-state index contributed by atoms with van der Waals surface area (Å²) in [6.07, 6.45) is 0. The normalized spacial score (nSPS) is 10.5. The maximum atomic E-state index is 12.9. The third-order valence-corrected chi connectivity index (χ3v) is 3.84. The molecule has 2 aromatic carbocycles. The molecule has 0 aliphatic heterocycles. The van der Waals surface area contributed by atoms with Crippen molar-refractivity contribution in [3.05, 3.63) is 63.9 Å². The molecule has 0 amide bonds. The van der Waals surface area contributed by atoms with E-state index in [0.29, 0.717) is 15.8 Å². The molecule has 0 spiro atoms. The molecule has 17 heavy (non-hydrogen) atoms. The largest absolute Gasteiger partial charge is 0.207 e. The van der Waals surface area contributed by atoms with Gasteiger partial charge >= 0.3 is 0 Å². The van der Waals surface area contributed by atoms with Crippen LogP contribution in [-0.4, -0.2) is 0 Å². The van der Waals surface area contributed by atoms with Crippen molar-refractivity contribution >= 4 is 35.0 Å². The van der Waals surface area contributed by atoms with Gasteiger partial charge < -0.3 is 0 Å². The Kier molecular flexibility index (Phi) is 4.32. The lowest BCUT2D eigenvalue weighted by Crippen LogP contribution is -1.84. The van der Waals surface area contributed by atoms with E-state index in [1.165, 1.54) is 12.1 Å². The zero-order valence-corrected chi connectivity index (χ0v) is 11.1. The second-order valence-electron chi connectivity index (χ2n) is 3.48. The fourth-order valence-electron chi connectivity index (χ4n) is 1.36. The van der Waals surface area contributed by atoms with Crippen LogP contribution < -0.4 is 0 Å². The summed E-state index contributed by atoms with van der Waals surface area (Å²) in [4.78, 5) is 1.07. The summed E-state index contributed by atoms with van der Waals surface area (Å²) in [7, 11) is 0. The number of hydrogen-bond donors (Lipinski definition) is 0. The number of rotatable bonds is 3. The first-order valence-corrected chi connectivity index (χ1v) is 6.71. The quantitative estimate of drug-likeness (QED) is 0.679. The Morgan fingerprint density at radius 3 is 2.59 bits per heavy atom. The van der Waals surface area contributed by atoms with Gasteiger partial charge in [-0.25, -0.2) is 4.39 Å². The average Bonchev–Trinajstić information content (AvgIpc) is 2.28. The molecule has 0 saturated heterocycles. The van der Waals surface area contributed by atoms with Crippen molar-refractivity contribution < 1.29 is 4.39 Å². The smallest absolute Gasteiger partial charge is 0.124 e. The molecule has 0 aliphatic rings. The molecule has 0 radical (unpaired) electrons. The predicted octanol–water partition coefficient (Wildman–Crippen LogP) is 5.42. The molecule has 4 heteroatoms. The van der Waals surface area contributed by atoms with Crippen LogP contribution in [0.25, 0.3) is 0 Å². The standard InChI is InChI=1S/C13H9Cl2FS/c14-10-2-1-3-12(6-10)17-8-9-4-5-11(16)7-13(9)15/h1-7H,8H2. The van der Waals surface area contributed by atoms with Gasteiger partial charge in [0.1, 0.15) is 5.82 Å². The molecule has 0 bridgehead atoms. The number of benzene rings is 2. The van der Waals surface area contributed by atoms with Crippen molar-refractivity contribution in [1.82, 2.24) is 0 Å². The molecule has 0 fully saturated rings. The fraction of sp³-hybridized carbons (Fsp3) is 0.0769. The van der Waals surface area contributed by atoms with E-state index in [9.17, 15) is 4.39 Å². The zero-order valence-electron chi connectivity index (χ0n) is 8.79. The number of thioether (sulfide) groups is 1. The molecule has 0 unspecified atom stereocenters. The molecule has 2 rings (SSSR count). The molecular weight excluding hydrogens is 278 g/mol.